The van der Waals surface area contributed by atoms with Crippen LogP contribution in [0.5, 0.6) is 0 Å². The smallest absolute Gasteiger partial charge is 0.224 e. The van der Waals surface area contributed by atoms with Crippen molar-refractivity contribution in [3.8, 4) is 0 Å². The van der Waals surface area contributed by atoms with Gasteiger partial charge in [0.05, 0.1) is 0 Å². The summed E-state index contributed by atoms with van der Waals surface area (Å²) in [6.45, 7) is 3.99. The van der Waals surface area contributed by atoms with Crippen LogP contribution in [0.3, 0.4) is 0 Å². The number of rotatable bonds is 7. The molecule has 0 saturated heterocycles. The lowest BCUT2D eigenvalue weighted by molar-refractivity contribution is 0.0738. The van der Waals surface area contributed by atoms with Gasteiger partial charge in [0.25, 0.3) is 0 Å². The summed E-state index contributed by atoms with van der Waals surface area (Å²) in [6, 6.07) is 1.93. The summed E-state index contributed by atoms with van der Waals surface area (Å²) >= 11 is 0. The average molecular weight is 263 g/mol. The Labute approximate surface area is 115 Å². The first-order chi connectivity index (χ1) is 9.16. The maximum atomic E-state index is 4.48. The molecule has 106 valence electrons. The molecule has 0 aliphatic heterocycles. The van der Waals surface area contributed by atoms with E-state index >= 15 is 0 Å². The van der Waals surface area contributed by atoms with E-state index in [2.05, 4.69) is 46.5 Å². The number of hydrogen-bond donors (Lipinski definition) is 2. The molecule has 1 fully saturated rings. The van der Waals surface area contributed by atoms with Gasteiger partial charge in [0.1, 0.15) is 5.82 Å². The van der Waals surface area contributed by atoms with E-state index in [0.29, 0.717) is 11.5 Å². The van der Waals surface area contributed by atoms with Gasteiger partial charge in [-0.05, 0) is 45.8 Å². The van der Waals surface area contributed by atoms with Crippen LogP contribution in [-0.4, -0.2) is 47.6 Å². The van der Waals surface area contributed by atoms with E-state index < -0.39 is 0 Å². The van der Waals surface area contributed by atoms with E-state index in [-0.39, 0.29) is 0 Å². The summed E-state index contributed by atoms with van der Waals surface area (Å²) in [5.41, 5.74) is 0.308. The topological polar surface area (TPSA) is 53.1 Å². The highest BCUT2D eigenvalue weighted by Crippen LogP contribution is 2.36. The molecule has 2 rings (SSSR count). The average Bonchev–Trinajstić information content (AvgIpc) is 2.35. The number of likely N-dealkylation sites (N-methyl/N-ethyl adjacent to an activating group) is 1. The summed E-state index contributed by atoms with van der Waals surface area (Å²) in [6.07, 6.45) is 6.73. The van der Waals surface area contributed by atoms with Crippen LogP contribution < -0.4 is 10.6 Å². The van der Waals surface area contributed by atoms with Gasteiger partial charge >= 0.3 is 0 Å². The van der Waals surface area contributed by atoms with Crippen molar-refractivity contribution in [1.29, 1.82) is 0 Å². The number of nitrogens with one attached hydrogen (secondary N) is 2. The summed E-state index contributed by atoms with van der Waals surface area (Å²) in [5, 5.41) is 6.66. The predicted octanol–water partition coefficient (Wildman–Crippen LogP) is 2.19. The van der Waals surface area contributed by atoms with E-state index in [4.69, 9.17) is 0 Å². The molecule has 1 aromatic rings. The first kappa shape index (κ1) is 14.1. The molecule has 19 heavy (non-hydrogen) atoms. The van der Waals surface area contributed by atoms with Crippen LogP contribution in [-0.2, 0) is 0 Å². The first-order valence-corrected chi connectivity index (χ1v) is 7.14. The zero-order valence-electron chi connectivity index (χ0n) is 12.2. The summed E-state index contributed by atoms with van der Waals surface area (Å²) in [7, 11) is 4.32. The van der Waals surface area contributed by atoms with Crippen molar-refractivity contribution >= 4 is 11.8 Å². The third kappa shape index (κ3) is 3.35. The van der Waals surface area contributed by atoms with Crippen molar-refractivity contribution in [2.45, 2.75) is 38.1 Å². The molecular formula is C14H25N5. The summed E-state index contributed by atoms with van der Waals surface area (Å²) < 4.78 is 0. The van der Waals surface area contributed by atoms with Crippen molar-refractivity contribution in [1.82, 2.24) is 14.9 Å². The second-order valence-corrected chi connectivity index (χ2v) is 5.52. The third-order valence-corrected chi connectivity index (χ3v) is 4.02. The highest BCUT2D eigenvalue weighted by atomic mass is 15.2. The van der Waals surface area contributed by atoms with Crippen molar-refractivity contribution in [3.63, 3.8) is 0 Å². The minimum Gasteiger partial charge on any atom is -0.368 e. The molecule has 2 N–H and O–H groups in total. The Morgan fingerprint density at radius 2 is 2.11 bits per heavy atom. The van der Waals surface area contributed by atoms with Gasteiger partial charge in [-0.15, -0.1) is 0 Å². The molecule has 0 unspecified atom stereocenters. The fraction of sp³-hybridized carbons (Fsp3) is 0.714. The molecule has 1 aliphatic rings. The van der Waals surface area contributed by atoms with Crippen molar-refractivity contribution in [2.75, 3.05) is 37.8 Å². The Balaban J connectivity index is 1.92. The molecule has 1 heterocycles. The zero-order chi connectivity index (χ0) is 13.7. The zero-order valence-corrected chi connectivity index (χ0v) is 12.2. The number of aromatic nitrogens is 2. The van der Waals surface area contributed by atoms with E-state index in [1.54, 1.807) is 6.20 Å². The van der Waals surface area contributed by atoms with Gasteiger partial charge in [0.2, 0.25) is 5.95 Å². The SMILES string of the molecule is CCCNc1nccc(NCC2(N(C)C)CCC2)n1. The van der Waals surface area contributed by atoms with Gasteiger partial charge in [-0.3, -0.25) is 0 Å². The molecule has 0 radical (unpaired) electrons. The molecule has 1 aromatic heterocycles. The van der Waals surface area contributed by atoms with Crippen molar-refractivity contribution in [3.05, 3.63) is 12.3 Å². The Morgan fingerprint density at radius 3 is 2.68 bits per heavy atom. The summed E-state index contributed by atoms with van der Waals surface area (Å²) in [4.78, 5) is 11.0. The highest BCUT2D eigenvalue weighted by Gasteiger charge is 2.38. The van der Waals surface area contributed by atoms with E-state index in [0.717, 1.165) is 25.3 Å². The largest absolute Gasteiger partial charge is 0.368 e. The van der Waals surface area contributed by atoms with Gasteiger partial charge in [-0.1, -0.05) is 6.92 Å². The van der Waals surface area contributed by atoms with Crippen LogP contribution >= 0.6 is 0 Å². The fourth-order valence-corrected chi connectivity index (χ4v) is 2.40. The first-order valence-electron chi connectivity index (χ1n) is 7.14. The van der Waals surface area contributed by atoms with Crippen LogP contribution in [0.25, 0.3) is 0 Å². The molecule has 0 spiro atoms. The third-order valence-electron chi connectivity index (χ3n) is 4.02. The fourth-order valence-electron chi connectivity index (χ4n) is 2.40. The maximum absolute atomic E-state index is 4.48. The Hall–Kier alpha value is -1.36. The second kappa shape index (κ2) is 6.19. The summed E-state index contributed by atoms with van der Waals surface area (Å²) in [5.74, 6) is 1.61. The molecule has 5 heteroatoms. The van der Waals surface area contributed by atoms with E-state index in [1.165, 1.54) is 19.3 Å². The number of hydrogen-bond acceptors (Lipinski definition) is 5. The Bertz CT molecular complexity index is 401. The molecule has 1 saturated carbocycles. The number of nitrogens with zero attached hydrogens (tertiary/aromatic N) is 3. The quantitative estimate of drug-likeness (QED) is 0.790. The lowest BCUT2D eigenvalue weighted by Crippen LogP contribution is -2.54. The van der Waals surface area contributed by atoms with Crippen LogP contribution in [0.4, 0.5) is 11.8 Å². The molecule has 0 atom stereocenters. The Kier molecular flexibility index (Phi) is 4.58. The number of anilines is 2. The van der Waals surface area contributed by atoms with Crippen LogP contribution in [0.1, 0.15) is 32.6 Å². The van der Waals surface area contributed by atoms with Crippen LogP contribution in [0.15, 0.2) is 12.3 Å². The lowest BCUT2D eigenvalue weighted by Gasteiger charge is -2.47. The molecular weight excluding hydrogens is 238 g/mol. The molecule has 0 aromatic carbocycles. The van der Waals surface area contributed by atoms with Gasteiger partial charge in [-0.25, -0.2) is 4.98 Å². The minimum atomic E-state index is 0.308. The van der Waals surface area contributed by atoms with Crippen molar-refractivity contribution in [2.24, 2.45) is 0 Å². The second-order valence-electron chi connectivity index (χ2n) is 5.52. The van der Waals surface area contributed by atoms with Gasteiger partial charge in [0, 0.05) is 24.8 Å². The monoisotopic (exact) mass is 263 g/mol. The van der Waals surface area contributed by atoms with Crippen LogP contribution in [0, 0.1) is 0 Å². The predicted molar refractivity (Wildman–Crippen MR) is 79.6 cm³/mol. The van der Waals surface area contributed by atoms with Crippen molar-refractivity contribution < 1.29 is 0 Å². The molecule has 5 nitrogen and oxygen atoms in total. The normalized spacial score (nSPS) is 17.1. The minimum absolute atomic E-state index is 0.308. The van der Waals surface area contributed by atoms with Crippen LogP contribution in [0.2, 0.25) is 0 Å². The van der Waals surface area contributed by atoms with Gasteiger partial charge in [0.15, 0.2) is 0 Å². The molecule has 1 aliphatic carbocycles. The Morgan fingerprint density at radius 1 is 1.32 bits per heavy atom. The standard InChI is InChI=1S/C14H25N5/c1-4-9-15-13-16-10-6-12(18-13)17-11-14(19(2)3)7-5-8-14/h6,10H,4-5,7-9,11H2,1-3H3,(H2,15,16,17,18). The van der Waals surface area contributed by atoms with Gasteiger partial charge in [-0.2, -0.15) is 4.98 Å². The maximum Gasteiger partial charge on any atom is 0.224 e. The van der Waals surface area contributed by atoms with E-state index in [9.17, 15) is 0 Å². The van der Waals surface area contributed by atoms with E-state index in [1.807, 2.05) is 6.07 Å². The molecule has 0 amide bonds. The van der Waals surface area contributed by atoms with Gasteiger partial charge < -0.3 is 15.5 Å². The molecule has 0 bridgehead atoms. The lowest BCUT2D eigenvalue weighted by atomic mass is 9.75. The highest BCUT2D eigenvalue weighted by molar-refractivity contribution is 5.40.